The average Bonchev–Trinajstić information content (AvgIpc) is 2.86. The Morgan fingerprint density at radius 2 is 1.88 bits per heavy atom. The van der Waals surface area contributed by atoms with Crippen LogP contribution >= 0.6 is 11.6 Å². The van der Waals surface area contributed by atoms with Crippen LogP contribution in [-0.4, -0.2) is 29.3 Å². The van der Waals surface area contributed by atoms with Gasteiger partial charge >= 0.3 is 0 Å². The van der Waals surface area contributed by atoms with Crippen LogP contribution in [0, 0.1) is 11.3 Å². The minimum absolute atomic E-state index is 0.157. The first kappa shape index (κ1) is 12.2. The Hall–Kier alpha value is -0.240. The maximum absolute atomic E-state index is 12.2. The van der Waals surface area contributed by atoms with E-state index in [9.17, 15) is 4.79 Å². The summed E-state index contributed by atoms with van der Waals surface area (Å²) in [6, 6.07) is 0.263. The highest BCUT2D eigenvalue weighted by molar-refractivity contribution is 6.21. The first-order chi connectivity index (χ1) is 7.43. The molecule has 0 bridgehead atoms. The second kappa shape index (κ2) is 4.21. The molecule has 2 aliphatic rings. The monoisotopic (exact) mass is 243 g/mol. The summed E-state index contributed by atoms with van der Waals surface area (Å²) in [6.45, 7) is 4.34. The molecule has 0 radical (unpaired) electrons. The summed E-state index contributed by atoms with van der Waals surface area (Å²) in [5.74, 6) is 0.547. The third-order valence-electron chi connectivity index (χ3n) is 4.30. The Morgan fingerprint density at radius 1 is 1.31 bits per heavy atom. The number of carbonyl (C=O) groups excluding carboxylic acids is 1. The minimum Gasteiger partial charge on any atom is -0.341 e. The summed E-state index contributed by atoms with van der Waals surface area (Å²) in [5.41, 5.74) is 0.224. The van der Waals surface area contributed by atoms with Gasteiger partial charge in [-0.05, 0) is 24.7 Å². The van der Waals surface area contributed by atoms with Crippen LogP contribution in [0.3, 0.4) is 0 Å². The number of hydrogen-bond acceptors (Lipinski definition) is 1. The van der Waals surface area contributed by atoms with Crippen molar-refractivity contribution in [3.8, 4) is 0 Å². The van der Waals surface area contributed by atoms with Crippen LogP contribution in [0.15, 0.2) is 0 Å². The standard InChI is InChI=1S/C13H22ClNO/c1-13(2)8-9(13)12(16)15(3)11-7-5-4-6-10(11)14/h9-11H,4-8H2,1-3H3. The SMILES string of the molecule is CN(C(=O)C1CC1(C)C)C1CCCCC1Cl. The van der Waals surface area contributed by atoms with Gasteiger partial charge in [-0.15, -0.1) is 11.6 Å². The van der Waals surface area contributed by atoms with E-state index in [0.717, 1.165) is 19.3 Å². The molecule has 92 valence electrons. The quantitative estimate of drug-likeness (QED) is 0.683. The Kier molecular flexibility index (Phi) is 3.22. The van der Waals surface area contributed by atoms with Gasteiger partial charge in [0.1, 0.15) is 0 Å². The van der Waals surface area contributed by atoms with E-state index in [1.165, 1.54) is 12.8 Å². The lowest BCUT2D eigenvalue weighted by molar-refractivity contribution is -0.134. The number of hydrogen-bond donors (Lipinski definition) is 0. The third kappa shape index (κ3) is 2.22. The molecule has 3 atom stereocenters. The Morgan fingerprint density at radius 3 is 2.38 bits per heavy atom. The third-order valence-corrected chi connectivity index (χ3v) is 4.81. The van der Waals surface area contributed by atoms with Crippen molar-refractivity contribution in [1.29, 1.82) is 0 Å². The average molecular weight is 244 g/mol. The maximum atomic E-state index is 12.2. The fourth-order valence-corrected chi connectivity index (χ4v) is 3.25. The molecule has 0 aliphatic heterocycles. The van der Waals surface area contributed by atoms with Gasteiger partial charge in [0.05, 0.1) is 5.38 Å². The van der Waals surface area contributed by atoms with Crippen LogP contribution in [0.5, 0.6) is 0 Å². The van der Waals surface area contributed by atoms with Gasteiger partial charge in [-0.3, -0.25) is 4.79 Å². The van der Waals surface area contributed by atoms with E-state index in [-0.39, 0.29) is 22.8 Å². The Labute approximate surface area is 103 Å². The summed E-state index contributed by atoms with van der Waals surface area (Å²) >= 11 is 6.32. The van der Waals surface area contributed by atoms with Crippen LogP contribution in [-0.2, 0) is 4.79 Å². The van der Waals surface area contributed by atoms with Gasteiger partial charge < -0.3 is 4.90 Å². The van der Waals surface area contributed by atoms with E-state index in [2.05, 4.69) is 13.8 Å². The lowest BCUT2D eigenvalue weighted by atomic mass is 9.93. The summed E-state index contributed by atoms with van der Waals surface area (Å²) < 4.78 is 0. The number of alkyl halides is 1. The van der Waals surface area contributed by atoms with Crippen LogP contribution in [0.25, 0.3) is 0 Å². The minimum atomic E-state index is 0.157. The highest BCUT2D eigenvalue weighted by Crippen LogP contribution is 2.52. The molecule has 3 unspecified atom stereocenters. The highest BCUT2D eigenvalue weighted by atomic mass is 35.5. The molecule has 0 spiro atoms. The number of rotatable bonds is 2. The number of carbonyl (C=O) groups is 1. The molecule has 0 heterocycles. The van der Waals surface area contributed by atoms with Crippen molar-refractivity contribution < 1.29 is 4.79 Å². The molecule has 2 aliphatic carbocycles. The normalized spacial score (nSPS) is 36.9. The summed E-state index contributed by atoms with van der Waals surface area (Å²) in [7, 11) is 1.93. The molecule has 0 N–H and O–H groups in total. The molecule has 0 aromatic rings. The van der Waals surface area contributed by atoms with Crippen molar-refractivity contribution in [2.45, 2.75) is 57.4 Å². The molecule has 0 aromatic carbocycles. The second-order valence-electron chi connectivity index (χ2n) is 6.06. The molecular weight excluding hydrogens is 222 g/mol. The van der Waals surface area contributed by atoms with Crippen molar-refractivity contribution in [2.24, 2.45) is 11.3 Å². The lowest BCUT2D eigenvalue weighted by Crippen LogP contribution is -2.45. The largest absolute Gasteiger partial charge is 0.341 e. The second-order valence-corrected chi connectivity index (χ2v) is 6.62. The molecule has 3 heteroatoms. The molecule has 2 nitrogen and oxygen atoms in total. The van der Waals surface area contributed by atoms with Crippen LogP contribution in [0.4, 0.5) is 0 Å². The molecule has 0 aromatic heterocycles. The molecule has 0 saturated heterocycles. The summed E-state index contributed by atoms with van der Waals surface area (Å²) in [6.07, 6.45) is 5.58. The number of amides is 1. The predicted octanol–water partition coefficient (Wildman–Crippen LogP) is 3.04. The van der Waals surface area contributed by atoms with Gasteiger partial charge in [-0.1, -0.05) is 26.7 Å². The molecule has 2 fully saturated rings. The molecule has 2 rings (SSSR count). The smallest absolute Gasteiger partial charge is 0.226 e. The van der Waals surface area contributed by atoms with Gasteiger partial charge in [0, 0.05) is 19.0 Å². The first-order valence-electron chi connectivity index (χ1n) is 6.34. The van der Waals surface area contributed by atoms with Gasteiger partial charge in [-0.25, -0.2) is 0 Å². The van der Waals surface area contributed by atoms with E-state index in [1.54, 1.807) is 0 Å². The van der Waals surface area contributed by atoms with Gasteiger partial charge in [0.15, 0.2) is 0 Å². The van der Waals surface area contributed by atoms with Crippen LogP contribution in [0.2, 0.25) is 0 Å². The fraction of sp³-hybridized carbons (Fsp3) is 0.923. The Bertz CT molecular complexity index is 290. The van der Waals surface area contributed by atoms with Crippen LogP contribution < -0.4 is 0 Å². The van der Waals surface area contributed by atoms with Gasteiger partial charge in [-0.2, -0.15) is 0 Å². The number of halogens is 1. The number of nitrogens with zero attached hydrogens (tertiary/aromatic N) is 1. The summed E-state index contributed by atoms with van der Waals surface area (Å²) in [4.78, 5) is 14.2. The topological polar surface area (TPSA) is 20.3 Å². The predicted molar refractivity (Wildman–Crippen MR) is 66.6 cm³/mol. The van der Waals surface area contributed by atoms with Crippen molar-refractivity contribution in [1.82, 2.24) is 4.90 Å². The van der Waals surface area contributed by atoms with Gasteiger partial charge in [0.2, 0.25) is 5.91 Å². The zero-order valence-electron chi connectivity index (χ0n) is 10.5. The Balaban J connectivity index is 1.96. The van der Waals surface area contributed by atoms with Crippen LogP contribution in [0.1, 0.15) is 46.0 Å². The maximum Gasteiger partial charge on any atom is 0.226 e. The zero-order chi connectivity index (χ0) is 11.9. The molecular formula is C13H22ClNO. The molecule has 2 saturated carbocycles. The van der Waals surface area contributed by atoms with E-state index in [4.69, 9.17) is 11.6 Å². The highest BCUT2D eigenvalue weighted by Gasteiger charge is 2.52. The zero-order valence-corrected chi connectivity index (χ0v) is 11.3. The summed E-state index contributed by atoms with van der Waals surface area (Å²) in [5, 5.41) is 0.157. The van der Waals surface area contributed by atoms with Crippen molar-refractivity contribution >= 4 is 17.5 Å². The van der Waals surface area contributed by atoms with E-state index in [1.807, 2.05) is 11.9 Å². The van der Waals surface area contributed by atoms with Crippen molar-refractivity contribution in [2.75, 3.05) is 7.05 Å². The lowest BCUT2D eigenvalue weighted by Gasteiger charge is -2.35. The van der Waals surface area contributed by atoms with Gasteiger partial charge in [0.25, 0.3) is 0 Å². The molecule has 16 heavy (non-hydrogen) atoms. The van der Waals surface area contributed by atoms with Crippen molar-refractivity contribution in [3.05, 3.63) is 0 Å². The van der Waals surface area contributed by atoms with Crippen molar-refractivity contribution in [3.63, 3.8) is 0 Å². The van der Waals surface area contributed by atoms with E-state index < -0.39 is 0 Å². The van der Waals surface area contributed by atoms with E-state index in [0.29, 0.717) is 5.91 Å². The van der Waals surface area contributed by atoms with E-state index >= 15 is 0 Å². The molecule has 1 amide bonds. The first-order valence-corrected chi connectivity index (χ1v) is 6.78. The fourth-order valence-electron chi connectivity index (χ4n) is 2.80.